The normalized spacial score (nSPS) is 34.6. The summed E-state index contributed by atoms with van der Waals surface area (Å²) in [6.45, 7) is 3.43. The van der Waals surface area contributed by atoms with Crippen LogP contribution in [-0.4, -0.2) is 17.3 Å². The zero-order valence-electron chi connectivity index (χ0n) is 8.27. The van der Waals surface area contributed by atoms with E-state index in [2.05, 4.69) is 4.99 Å². The Labute approximate surface area is 83.2 Å². The number of carbonyl (C=O) groups is 1. The van der Waals surface area contributed by atoms with Crippen LogP contribution in [0.1, 0.15) is 13.8 Å². The van der Waals surface area contributed by atoms with Crippen molar-refractivity contribution in [3.63, 3.8) is 0 Å². The summed E-state index contributed by atoms with van der Waals surface area (Å²) in [7, 11) is 0. The topological polar surface area (TPSA) is 49.7 Å². The van der Waals surface area contributed by atoms with Gasteiger partial charge < -0.3 is 5.11 Å². The highest BCUT2D eigenvalue weighted by atomic mass is 16.4. The second kappa shape index (κ2) is 4.05. The highest BCUT2D eigenvalue weighted by molar-refractivity contribution is 5.80. The number of aliphatic imine (C=N–C) groups is 1. The van der Waals surface area contributed by atoms with Gasteiger partial charge in [0.05, 0.1) is 0 Å². The molecule has 0 radical (unpaired) electrons. The van der Waals surface area contributed by atoms with Crippen LogP contribution in [0.2, 0.25) is 0 Å². The number of carboxylic acids is 1. The smallest absolute Gasteiger partial charge is 0.317 e. The van der Waals surface area contributed by atoms with Gasteiger partial charge in [-0.2, -0.15) is 0 Å². The zero-order chi connectivity index (χ0) is 10.6. The number of aliphatic carboxylic acids is 1. The van der Waals surface area contributed by atoms with Gasteiger partial charge >= 0.3 is 5.97 Å². The fourth-order valence-corrected chi connectivity index (χ4v) is 1.18. The molecule has 0 amide bonds. The van der Waals surface area contributed by atoms with Gasteiger partial charge in [0.1, 0.15) is 5.41 Å². The van der Waals surface area contributed by atoms with E-state index < -0.39 is 11.4 Å². The molecule has 0 spiro atoms. The van der Waals surface area contributed by atoms with E-state index in [0.29, 0.717) is 5.70 Å². The van der Waals surface area contributed by atoms with Crippen molar-refractivity contribution in [2.45, 2.75) is 13.8 Å². The minimum absolute atomic E-state index is 0.700. The summed E-state index contributed by atoms with van der Waals surface area (Å²) in [5.74, 6) is -0.876. The van der Waals surface area contributed by atoms with E-state index in [0.717, 1.165) is 0 Å². The minimum Gasteiger partial charge on any atom is -0.480 e. The number of allylic oxidation sites excluding steroid dienone is 4. The molecule has 0 aromatic carbocycles. The van der Waals surface area contributed by atoms with Crippen LogP contribution in [-0.2, 0) is 4.79 Å². The lowest BCUT2D eigenvalue weighted by atomic mass is 9.89. The maximum atomic E-state index is 11.0. The summed E-state index contributed by atoms with van der Waals surface area (Å²) < 4.78 is 0. The molecule has 0 aliphatic carbocycles. The van der Waals surface area contributed by atoms with Crippen LogP contribution in [0.4, 0.5) is 0 Å². The van der Waals surface area contributed by atoms with Crippen molar-refractivity contribution in [1.82, 2.24) is 0 Å². The SMILES string of the molecule is CC1=C/C(C)(C(=O)O)C=C\C=C/C=N/1. The summed E-state index contributed by atoms with van der Waals surface area (Å²) in [6.07, 6.45) is 10.2. The van der Waals surface area contributed by atoms with E-state index in [1.165, 1.54) is 0 Å². The molecule has 0 saturated heterocycles. The van der Waals surface area contributed by atoms with Crippen molar-refractivity contribution >= 4 is 12.2 Å². The first-order valence-corrected chi connectivity index (χ1v) is 4.36. The van der Waals surface area contributed by atoms with Crippen molar-refractivity contribution in [1.29, 1.82) is 0 Å². The molecule has 1 aliphatic heterocycles. The monoisotopic (exact) mass is 191 g/mol. The van der Waals surface area contributed by atoms with Crippen molar-refractivity contribution in [2.75, 3.05) is 0 Å². The van der Waals surface area contributed by atoms with Crippen molar-refractivity contribution in [3.8, 4) is 0 Å². The largest absolute Gasteiger partial charge is 0.480 e. The molecule has 0 saturated carbocycles. The molecule has 1 N–H and O–H groups in total. The van der Waals surface area contributed by atoms with Crippen LogP contribution in [0, 0.1) is 5.41 Å². The van der Waals surface area contributed by atoms with Gasteiger partial charge in [0.15, 0.2) is 0 Å². The summed E-state index contributed by atoms with van der Waals surface area (Å²) in [5.41, 5.74) is -0.276. The van der Waals surface area contributed by atoms with Crippen LogP contribution in [0.15, 0.2) is 41.1 Å². The number of rotatable bonds is 1. The Morgan fingerprint density at radius 2 is 2.14 bits per heavy atom. The fraction of sp³-hybridized carbons (Fsp3) is 0.273. The maximum absolute atomic E-state index is 11.0. The maximum Gasteiger partial charge on any atom is 0.317 e. The molecule has 74 valence electrons. The van der Waals surface area contributed by atoms with E-state index in [1.807, 2.05) is 0 Å². The third kappa shape index (κ3) is 2.42. The molecule has 0 aromatic rings. The Bertz CT molecular complexity index is 350. The van der Waals surface area contributed by atoms with E-state index in [1.54, 1.807) is 50.4 Å². The van der Waals surface area contributed by atoms with Crippen LogP contribution in [0.3, 0.4) is 0 Å². The molecular formula is C11H13NO2. The third-order valence-corrected chi connectivity index (χ3v) is 2.00. The first kappa shape index (κ1) is 10.4. The summed E-state index contributed by atoms with van der Waals surface area (Å²) in [4.78, 5) is 15.1. The standard InChI is InChI=1S/C11H13NO2/c1-9-8-11(2,10(13)14)6-4-3-5-7-12-9/h3-8H,1-2H3,(H,13,14)/b5-3-,6-4?,9-8+,12-7+. The fourth-order valence-electron chi connectivity index (χ4n) is 1.18. The number of nitrogens with zero attached hydrogens (tertiary/aromatic N) is 1. The number of hydrogen-bond acceptors (Lipinski definition) is 2. The average molecular weight is 191 g/mol. The molecule has 1 unspecified atom stereocenters. The highest BCUT2D eigenvalue weighted by Gasteiger charge is 2.27. The van der Waals surface area contributed by atoms with E-state index in [9.17, 15) is 4.79 Å². The predicted octanol–water partition coefficient (Wildman–Crippen LogP) is 2.18. The highest BCUT2D eigenvalue weighted by Crippen LogP contribution is 2.23. The number of carboxylic acid groups (broad SMARTS) is 1. The lowest BCUT2D eigenvalue weighted by Crippen LogP contribution is -2.22. The van der Waals surface area contributed by atoms with Gasteiger partial charge in [-0.05, 0) is 26.0 Å². The van der Waals surface area contributed by atoms with Gasteiger partial charge in [0.2, 0.25) is 0 Å². The molecular weight excluding hydrogens is 178 g/mol. The Morgan fingerprint density at radius 1 is 1.43 bits per heavy atom. The van der Waals surface area contributed by atoms with Crippen molar-refractivity contribution in [2.24, 2.45) is 10.4 Å². The molecule has 1 atom stereocenters. The Balaban J connectivity index is 3.16. The molecule has 0 aromatic heterocycles. The van der Waals surface area contributed by atoms with Gasteiger partial charge in [0.25, 0.3) is 0 Å². The van der Waals surface area contributed by atoms with Crippen LogP contribution in [0.5, 0.6) is 0 Å². The van der Waals surface area contributed by atoms with Crippen molar-refractivity contribution in [3.05, 3.63) is 36.1 Å². The zero-order valence-corrected chi connectivity index (χ0v) is 8.27. The quantitative estimate of drug-likeness (QED) is 0.690. The average Bonchev–Trinajstić information content (AvgIpc) is 2.17. The summed E-state index contributed by atoms with van der Waals surface area (Å²) >= 11 is 0. The van der Waals surface area contributed by atoms with Gasteiger partial charge in [-0.15, -0.1) is 0 Å². The van der Waals surface area contributed by atoms with Crippen LogP contribution < -0.4 is 0 Å². The summed E-state index contributed by atoms with van der Waals surface area (Å²) in [5, 5.41) is 9.05. The van der Waals surface area contributed by atoms with Gasteiger partial charge in [0, 0.05) is 11.9 Å². The van der Waals surface area contributed by atoms with E-state index in [-0.39, 0.29) is 0 Å². The molecule has 3 nitrogen and oxygen atoms in total. The molecule has 3 heteroatoms. The summed E-state index contributed by atoms with van der Waals surface area (Å²) in [6, 6.07) is 0. The molecule has 1 aliphatic rings. The lowest BCUT2D eigenvalue weighted by Gasteiger charge is -2.15. The van der Waals surface area contributed by atoms with Gasteiger partial charge in [-0.3, -0.25) is 9.79 Å². The number of hydrogen-bond donors (Lipinski definition) is 1. The molecule has 14 heavy (non-hydrogen) atoms. The molecule has 1 heterocycles. The minimum atomic E-state index is -0.976. The van der Waals surface area contributed by atoms with Crippen LogP contribution in [0.25, 0.3) is 0 Å². The predicted molar refractivity (Wildman–Crippen MR) is 56.3 cm³/mol. The Kier molecular flexibility index (Phi) is 3.02. The van der Waals surface area contributed by atoms with Gasteiger partial charge in [-0.25, -0.2) is 0 Å². The second-order valence-electron chi connectivity index (χ2n) is 3.40. The first-order valence-electron chi connectivity index (χ1n) is 4.36. The lowest BCUT2D eigenvalue weighted by molar-refractivity contribution is -0.142. The van der Waals surface area contributed by atoms with E-state index in [4.69, 9.17) is 5.11 Å². The van der Waals surface area contributed by atoms with Gasteiger partial charge in [-0.1, -0.05) is 18.2 Å². The molecule has 1 rings (SSSR count). The molecule has 0 bridgehead atoms. The second-order valence-corrected chi connectivity index (χ2v) is 3.40. The van der Waals surface area contributed by atoms with Crippen LogP contribution >= 0.6 is 0 Å². The van der Waals surface area contributed by atoms with E-state index >= 15 is 0 Å². The van der Waals surface area contributed by atoms with Crippen molar-refractivity contribution < 1.29 is 9.90 Å². The Morgan fingerprint density at radius 3 is 2.79 bits per heavy atom. The third-order valence-electron chi connectivity index (χ3n) is 2.00. The Hall–Kier alpha value is -1.64. The first-order chi connectivity index (χ1) is 6.54. The molecule has 0 fully saturated rings.